The maximum atomic E-state index is 12.1. The zero-order valence-corrected chi connectivity index (χ0v) is 12.8. The van der Waals surface area contributed by atoms with Crippen LogP contribution in [-0.2, 0) is 9.53 Å². The van der Waals surface area contributed by atoms with Gasteiger partial charge in [-0.1, -0.05) is 23.2 Å². The van der Waals surface area contributed by atoms with E-state index in [-0.39, 0.29) is 31.1 Å². The van der Waals surface area contributed by atoms with E-state index in [0.717, 1.165) is 0 Å². The van der Waals surface area contributed by atoms with E-state index < -0.39 is 0 Å². The summed E-state index contributed by atoms with van der Waals surface area (Å²) in [4.78, 5) is 27.4. The molecule has 0 aromatic heterocycles. The summed E-state index contributed by atoms with van der Waals surface area (Å²) in [6, 6.07) is 4.67. The number of aliphatic imine (C=N–C) groups is 1. The molecule has 0 bridgehead atoms. The molecule has 0 aliphatic carbocycles. The minimum Gasteiger partial charge on any atom is -0.363 e. The van der Waals surface area contributed by atoms with Gasteiger partial charge >= 0.3 is 0 Å². The second kappa shape index (κ2) is 8.15. The van der Waals surface area contributed by atoms with E-state index in [2.05, 4.69) is 4.99 Å². The van der Waals surface area contributed by atoms with E-state index in [4.69, 9.17) is 27.9 Å². The minimum absolute atomic E-state index is 0.0539. The van der Waals surface area contributed by atoms with Crippen molar-refractivity contribution in [3.05, 3.63) is 33.8 Å². The van der Waals surface area contributed by atoms with Crippen LogP contribution in [0.3, 0.4) is 0 Å². The van der Waals surface area contributed by atoms with Crippen LogP contribution in [0.25, 0.3) is 0 Å². The van der Waals surface area contributed by atoms with Gasteiger partial charge in [0.15, 0.2) is 5.78 Å². The van der Waals surface area contributed by atoms with Gasteiger partial charge in [0.25, 0.3) is 0 Å². The van der Waals surface area contributed by atoms with Crippen LogP contribution < -0.4 is 0 Å². The van der Waals surface area contributed by atoms with Gasteiger partial charge in [-0.2, -0.15) is 0 Å². The topological polar surface area (TPSA) is 55.7 Å². The summed E-state index contributed by atoms with van der Waals surface area (Å²) in [5, 5.41) is 0.708. The highest BCUT2D eigenvalue weighted by molar-refractivity contribution is 6.42. The summed E-state index contributed by atoms with van der Waals surface area (Å²) in [6.45, 7) is 1.57. The summed E-state index contributed by atoms with van der Waals surface area (Å²) in [7, 11) is 1.50. The molecule has 0 unspecified atom stereocenters. The fourth-order valence-electron chi connectivity index (χ4n) is 1.57. The average molecular weight is 316 g/mol. The number of ether oxygens (including phenoxy) is 1. The number of methoxy groups -OCH3 is 1. The molecule has 0 fully saturated rings. The number of hydrogen-bond donors (Lipinski definition) is 0. The Morgan fingerprint density at radius 3 is 2.45 bits per heavy atom. The second-order valence-electron chi connectivity index (χ2n) is 4.25. The Morgan fingerprint density at radius 1 is 1.20 bits per heavy atom. The quantitative estimate of drug-likeness (QED) is 0.570. The highest BCUT2D eigenvalue weighted by Gasteiger charge is 2.13. The van der Waals surface area contributed by atoms with Gasteiger partial charge < -0.3 is 4.74 Å². The number of Topliss-reactive ketones (excluding diaryl/α,β-unsaturated/α-hetero) is 2. The molecular formula is C14H15Cl2NO3. The van der Waals surface area contributed by atoms with Gasteiger partial charge in [0.2, 0.25) is 0 Å². The molecule has 1 rings (SSSR count). The van der Waals surface area contributed by atoms with Crippen molar-refractivity contribution in [1.82, 2.24) is 0 Å². The molecule has 0 atom stereocenters. The van der Waals surface area contributed by atoms with Gasteiger partial charge in [0.05, 0.1) is 10.0 Å². The summed E-state index contributed by atoms with van der Waals surface area (Å²) >= 11 is 11.7. The van der Waals surface area contributed by atoms with Crippen molar-refractivity contribution in [2.24, 2.45) is 4.99 Å². The molecule has 1 aromatic carbocycles. The van der Waals surface area contributed by atoms with Gasteiger partial charge in [-0.25, -0.2) is 0 Å². The molecule has 0 radical (unpaired) electrons. The molecule has 1 aromatic rings. The molecule has 0 heterocycles. The third kappa shape index (κ3) is 5.41. The zero-order valence-electron chi connectivity index (χ0n) is 11.3. The van der Waals surface area contributed by atoms with E-state index >= 15 is 0 Å². The molecule has 0 aliphatic rings. The monoisotopic (exact) mass is 315 g/mol. The van der Waals surface area contributed by atoms with Crippen molar-refractivity contribution in [2.75, 3.05) is 13.8 Å². The van der Waals surface area contributed by atoms with Gasteiger partial charge in [-0.05, 0) is 25.1 Å². The standard InChI is InChI=1S/C14H15Cl2NO3/c1-9(18)5-11(17-8-20-2)7-14(19)10-3-4-12(15)13(16)6-10/h3-4,6H,5,7-8H2,1-2H3. The smallest absolute Gasteiger partial charge is 0.168 e. The van der Waals surface area contributed by atoms with Crippen LogP contribution in [-0.4, -0.2) is 31.1 Å². The average Bonchev–Trinajstić information content (AvgIpc) is 2.38. The fourth-order valence-corrected chi connectivity index (χ4v) is 1.87. The fraction of sp³-hybridized carbons (Fsp3) is 0.357. The zero-order chi connectivity index (χ0) is 15.1. The Hall–Kier alpha value is -1.23. The number of rotatable bonds is 7. The lowest BCUT2D eigenvalue weighted by Crippen LogP contribution is -2.12. The Balaban J connectivity index is 2.84. The summed E-state index contributed by atoms with van der Waals surface area (Å²) in [5.74, 6) is -0.221. The number of halogens is 2. The van der Waals surface area contributed by atoms with Crippen molar-refractivity contribution >= 4 is 40.5 Å². The van der Waals surface area contributed by atoms with Crippen LogP contribution in [0.15, 0.2) is 23.2 Å². The highest BCUT2D eigenvalue weighted by atomic mass is 35.5. The molecule has 0 amide bonds. The maximum absolute atomic E-state index is 12.1. The van der Waals surface area contributed by atoms with Crippen molar-refractivity contribution in [3.8, 4) is 0 Å². The number of nitrogens with zero attached hydrogens (tertiary/aromatic N) is 1. The molecule has 4 nitrogen and oxygen atoms in total. The number of hydrogen-bond acceptors (Lipinski definition) is 4. The third-order valence-corrected chi connectivity index (χ3v) is 3.22. The Labute approximate surface area is 127 Å². The lowest BCUT2D eigenvalue weighted by molar-refractivity contribution is -0.115. The highest BCUT2D eigenvalue weighted by Crippen LogP contribution is 2.23. The molecule has 0 aliphatic heterocycles. The van der Waals surface area contributed by atoms with E-state index in [1.165, 1.54) is 20.1 Å². The van der Waals surface area contributed by atoms with Crippen LogP contribution in [0.2, 0.25) is 10.0 Å². The van der Waals surface area contributed by atoms with E-state index in [1.807, 2.05) is 0 Å². The number of benzene rings is 1. The molecule has 0 spiro atoms. The van der Waals surface area contributed by atoms with Crippen LogP contribution >= 0.6 is 23.2 Å². The van der Waals surface area contributed by atoms with Crippen molar-refractivity contribution in [3.63, 3.8) is 0 Å². The van der Waals surface area contributed by atoms with Crippen molar-refractivity contribution < 1.29 is 14.3 Å². The van der Waals surface area contributed by atoms with Crippen LogP contribution in [0.5, 0.6) is 0 Å². The third-order valence-electron chi connectivity index (χ3n) is 2.48. The summed E-state index contributed by atoms with van der Waals surface area (Å²) < 4.78 is 4.83. The largest absolute Gasteiger partial charge is 0.363 e. The Bertz CT molecular complexity index is 541. The number of carbonyl (C=O) groups is 2. The Morgan fingerprint density at radius 2 is 1.90 bits per heavy atom. The Kier molecular flexibility index (Phi) is 6.85. The van der Waals surface area contributed by atoms with Crippen LogP contribution in [0.4, 0.5) is 0 Å². The van der Waals surface area contributed by atoms with Gasteiger partial charge in [-0.15, -0.1) is 0 Å². The molecular weight excluding hydrogens is 301 g/mol. The van der Waals surface area contributed by atoms with Crippen molar-refractivity contribution in [2.45, 2.75) is 19.8 Å². The van der Waals surface area contributed by atoms with E-state index in [1.54, 1.807) is 12.1 Å². The minimum atomic E-state index is -0.167. The lowest BCUT2D eigenvalue weighted by atomic mass is 10.0. The van der Waals surface area contributed by atoms with Crippen LogP contribution in [0.1, 0.15) is 30.1 Å². The first-order valence-electron chi connectivity index (χ1n) is 5.93. The maximum Gasteiger partial charge on any atom is 0.168 e. The molecule has 0 N–H and O–H groups in total. The number of carbonyl (C=O) groups excluding carboxylic acids is 2. The number of ketones is 2. The SMILES string of the molecule is COCN=C(CC(C)=O)CC(=O)c1ccc(Cl)c(Cl)c1. The van der Waals surface area contributed by atoms with Gasteiger partial charge in [0, 0.05) is 31.2 Å². The predicted molar refractivity (Wildman–Crippen MR) is 80.0 cm³/mol. The first kappa shape index (κ1) is 16.8. The molecule has 20 heavy (non-hydrogen) atoms. The molecule has 0 saturated heterocycles. The van der Waals surface area contributed by atoms with E-state index in [0.29, 0.717) is 21.3 Å². The van der Waals surface area contributed by atoms with Crippen molar-refractivity contribution in [1.29, 1.82) is 0 Å². The molecule has 108 valence electrons. The lowest BCUT2D eigenvalue weighted by Gasteiger charge is -2.06. The first-order chi connectivity index (χ1) is 9.43. The normalized spacial score (nSPS) is 11.5. The first-order valence-corrected chi connectivity index (χ1v) is 6.68. The van der Waals surface area contributed by atoms with E-state index in [9.17, 15) is 9.59 Å². The van der Waals surface area contributed by atoms with Gasteiger partial charge in [-0.3, -0.25) is 14.6 Å². The van der Waals surface area contributed by atoms with Crippen LogP contribution in [0, 0.1) is 0 Å². The molecule has 6 heteroatoms. The predicted octanol–water partition coefficient (Wildman–Crippen LogP) is 3.59. The summed E-state index contributed by atoms with van der Waals surface area (Å²) in [6.07, 6.45) is 0.192. The molecule has 0 saturated carbocycles. The van der Waals surface area contributed by atoms with Gasteiger partial charge in [0.1, 0.15) is 12.5 Å². The summed E-state index contributed by atoms with van der Waals surface area (Å²) in [5.41, 5.74) is 0.934. The second-order valence-corrected chi connectivity index (χ2v) is 5.06.